The monoisotopic (exact) mass is 305 g/mol. The van der Waals surface area contributed by atoms with Crippen LogP contribution in [0.4, 0.5) is 5.69 Å². The van der Waals surface area contributed by atoms with E-state index in [1.54, 1.807) is 30.0 Å². The Morgan fingerprint density at radius 3 is 2.85 bits per heavy atom. The molecule has 2 aliphatic rings. The molecule has 0 bridgehead atoms. The highest BCUT2D eigenvalue weighted by atomic mass is 35.5. The third kappa shape index (κ3) is 2.79. The maximum Gasteiger partial charge on any atom is 0.161 e. The molecule has 1 aliphatic heterocycles. The Bertz CT molecular complexity index is 585. The molecule has 5 heteroatoms. The van der Waals surface area contributed by atoms with Crippen molar-refractivity contribution in [1.82, 2.24) is 0 Å². The summed E-state index contributed by atoms with van der Waals surface area (Å²) in [7, 11) is 0. The molecule has 0 amide bonds. The molecule has 104 valence electrons. The van der Waals surface area contributed by atoms with Crippen LogP contribution in [-0.4, -0.2) is 16.5 Å². The van der Waals surface area contributed by atoms with E-state index in [0.29, 0.717) is 10.6 Å². The number of hydrogen-bond donors (Lipinski definition) is 1. The molecule has 1 aliphatic carbocycles. The van der Waals surface area contributed by atoms with E-state index >= 15 is 0 Å². The van der Waals surface area contributed by atoms with Crippen LogP contribution in [0.2, 0.25) is 5.02 Å². The van der Waals surface area contributed by atoms with Gasteiger partial charge in [-0.05, 0) is 31.0 Å². The minimum atomic E-state index is 0.143. The maximum atomic E-state index is 8.96. The van der Waals surface area contributed by atoms with Crippen molar-refractivity contribution in [2.45, 2.75) is 37.6 Å². The summed E-state index contributed by atoms with van der Waals surface area (Å²) < 4.78 is 0. The van der Waals surface area contributed by atoms with E-state index in [4.69, 9.17) is 21.9 Å². The van der Waals surface area contributed by atoms with Crippen molar-refractivity contribution >= 4 is 34.2 Å². The molecule has 0 aromatic heterocycles. The van der Waals surface area contributed by atoms with Gasteiger partial charge in [0.1, 0.15) is 0 Å². The zero-order chi connectivity index (χ0) is 14.0. The highest BCUT2D eigenvalue weighted by Gasteiger charge is 2.36. The molecule has 0 saturated heterocycles. The van der Waals surface area contributed by atoms with Crippen molar-refractivity contribution in [3.63, 3.8) is 0 Å². The largest absolute Gasteiger partial charge is 0.334 e. The summed E-state index contributed by atoms with van der Waals surface area (Å²) in [5.41, 5.74) is 1.52. The third-order valence-electron chi connectivity index (χ3n) is 3.94. The molecule has 1 saturated carbocycles. The van der Waals surface area contributed by atoms with E-state index in [2.05, 4.69) is 11.4 Å². The molecule has 3 nitrogen and oxygen atoms in total. The maximum absolute atomic E-state index is 8.96. The fourth-order valence-corrected chi connectivity index (χ4v) is 4.18. The number of anilines is 1. The summed E-state index contributed by atoms with van der Waals surface area (Å²) in [6, 6.07) is 7.38. The summed E-state index contributed by atoms with van der Waals surface area (Å²) in [5, 5.41) is 13.8. The van der Waals surface area contributed by atoms with Gasteiger partial charge >= 0.3 is 0 Å². The number of hydrogen-bond acceptors (Lipinski definition) is 4. The van der Waals surface area contributed by atoms with Crippen molar-refractivity contribution in [2.75, 3.05) is 11.1 Å². The van der Waals surface area contributed by atoms with E-state index in [-0.39, 0.29) is 5.54 Å². The first-order valence-corrected chi connectivity index (χ1v) is 8.26. The molecular formula is C15H16ClN3S. The van der Waals surface area contributed by atoms with Gasteiger partial charge in [-0.3, -0.25) is 4.99 Å². The molecule has 0 radical (unpaired) electrons. The van der Waals surface area contributed by atoms with Crippen molar-refractivity contribution in [3.8, 4) is 6.07 Å². The number of thioether (sulfide) groups is 1. The lowest BCUT2D eigenvalue weighted by Crippen LogP contribution is -2.29. The van der Waals surface area contributed by atoms with Crippen LogP contribution < -0.4 is 5.32 Å². The second-order valence-electron chi connectivity index (χ2n) is 5.42. The van der Waals surface area contributed by atoms with Crippen molar-refractivity contribution in [1.29, 1.82) is 5.26 Å². The number of benzene rings is 1. The molecule has 1 aromatic carbocycles. The fourth-order valence-electron chi connectivity index (χ4n) is 2.82. The first kappa shape index (κ1) is 13.8. The average Bonchev–Trinajstić information content (AvgIpc) is 2.84. The van der Waals surface area contributed by atoms with Gasteiger partial charge in [-0.2, -0.15) is 5.26 Å². The fraction of sp³-hybridized carbons (Fsp3) is 0.467. The number of nitriles is 1. The minimum absolute atomic E-state index is 0.143. The highest BCUT2D eigenvalue weighted by molar-refractivity contribution is 8.14. The molecule has 20 heavy (non-hydrogen) atoms. The van der Waals surface area contributed by atoms with Gasteiger partial charge in [-0.15, -0.1) is 0 Å². The zero-order valence-electron chi connectivity index (χ0n) is 11.2. The Morgan fingerprint density at radius 2 is 2.10 bits per heavy atom. The molecule has 0 atom stereocenters. The van der Waals surface area contributed by atoms with Crippen LogP contribution in [0, 0.1) is 11.3 Å². The Kier molecular flexibility index (Phi) is 3.91. The smallest absolute Gasteiger partial charge is 0.161 e. The molecule has 1 spiro atoms. The zero-order valence-corrected chi connectivity index (χ0v) is 12.7. The molecule has 1 N–H and O–H groups in total. The molecule has 1 heterocycles. The van der Waals surface area contributed by atoms with Crippen LogP contribution in [0.1, 0.15) is 37.7 Å². The van der Waals surface area contributed by atoms with Gasteiger partial charge in [0.25, 0.3) is 0 Å². The van der Waals surface area contributed by atoms with Gasteiger partial charge in [0.05, 0.1) is 27.9 Å². The second kappa shape index (κ2) is 5.67. The topological polar surface area (TPSA) is 48.2 Å². The van der Waals surface area contributed by atoms with Gasteiger partial charge < -0.3 is 5.32 Å². The quantitative estimate of drug-likeness (QED) is 0.835. The number of aliphatic imine (C=N–C) groups is 1. The normalized spacial score (nSPS) is 20.5. The molecule has 3 rings (SSSR count). The molecule has 1 aromatic rings. The van der Waals surface area contributed by atoms with E-state index in [1.165, 1.54) is 32.1 Å². The third-order valence-corrected chi connectivity index (χ3v) is 5.42. The van der Waals surface area contributed by atoms with E-state index in [0.717, 1.165) is 16.6 Å². The predicted molar refractivity (Wildman–Crippen MR) is 85.5 cm³/mol. The van der Waals surface area contributed by atoms with Crippen molar-refractivity contribution in [3.05, 3.63) is 28.8 Å². The Morgan fingerprint density at radius 1 is 1.30 bits per heavy atom. The van der Waals surface area contributed by atoms with Gasteiger partial charge in [-0.1, -0.05) is 42.6 Å². The summed E-state index contributed by atoms with van der Waals surface area (Å²) in [6.45, 7) is 0. The molecule has 1 fully saturated rings. The van der Waals surface area contributed by atoms with Crippen LogP contribution in [-0.2, 0) is 0 Å². The number of nitrogens with zero attached hydrogens (tertiary/aromatic N) is 2. The lowest BCUT2D eigenvalue weighted by molar-refractivity contribution is 0.335. The van der Waals surface area contributed by atoms with Crippen LogP contribution >= 0.6 is 23.4 Å². The van der Waals surface area contributed by atoms with Gasteiger partial charge in [0.2, 0.25) is 0 Å². The SMILES string of the molecule is N#Cc1ccc(Cl)c(NC2=NC3(CCCCC3)CS2)c1. The van der Waals surface area contributed by atoms with Crippen LogP contribution in [0.15, 0.2) is 23.2 Å². The van der Waals surface area contributed by atoms with Gasteiger partial charge in [0.15, 0.2) is 5.17 Å². The molecular weight excluding hydrogens is 290 g/mol. The number of amidine groups is 1. The van der Waals surface area contributed by atoms with Gasteiger partial charge in [-0.25, -0.2) is 0 Å². The van der Waals surface area contributed by atoms with Crippen molar-refractivity contribution in [2.24, 2.45) is 4.99 Å². The van der Waals surface area contributed by atoms with Crippen LogP contribution in [0.5, 0.6) is 0 Å². The second-order valence-corrected chi connectivity index (χ2v) is 6.79. The number of halogens is 1. The first-order chi connectivity index (χ1) is 9.71. The van der Waals surface area contributed by atoms with Crippen LogP contribution in [0.25, 0.3) is 0 Å². The predicted octanol–water partition coefficient (Wildman–Crippen LogP) is 4.43. The number of rotatable bonds is 1. The Hall–Kier alpha value is -1.18. The van der Waals surface area contributed by atoms with Crippen molar-refractivity contribution < 1.29 is 0 Å². The van der Waals surface area contributed by atoms with Crippen LogP contribution in [0.3, 0.4) is 0 Å². The number of nitrogens with one attached hydrogen (secondary N) is 1. The summed E-state index contributed by atoms with van der Waals surface area (Å²) >= 11 is 7.93. The standard InChI is InChI=1S/C15H16ClN3S/c16-12-5-4-11(9-17)8-13(12)18-14-19-15(10-20-14)6-2-1-3-7-15/h4-5,8H,1-3,6-7,10H2,(H,18,19). The first-order valence-electron chi connectivity index (χ1n) is 6.90. The Labute approximate surface area is 128 Å². The summed E-state index contributed by atoms with van der Waals surface area (Å²) in [5.74, 6) is 1.06. The lowest BCUT2D eigenvalue weighted by atomic mass is 9.84. The average molecular weight is 306 g/mol. The minimum Gasteiger partial charge on any atom is -0.334 e. The van der Waals surface area contributed by atoms with Gasteiger partial charge in [0, 0.05) is 5.75 Å². The summed E-state index contributed by atoms with van der Waals surface area (Å²) in [4.78, 5) is 4.90. The Balaban J connectivity index is 1.79. The summed E-state index contributed by atoms with van der Waals surface area (Å²) in [6.07, 6.45) is 6.28. The van der Waals surface area contributed by atoms with E-state index in [1.807, 2.05) is 0 Å². The highest BCUT2D eigenvalue weighted by Crippen LogP contribution is 2.40. The molecule has 0 unspecified atom stereocenters. The van der Waals surface area contributed by atoms with E-state index in [9.17, 15) is 0 Å². The lowest BCUT2D eigenvalue weighted by Gasteiger charge is -2.29. The van der Waals surface area contributed by atoms with E-state index < -0.39 is 0 Å².